The normalized spacial score (nSPS) is 11.5. The van der Waals surface area contributed by atoms with E-state index in [1.54, 1.807) is 36.4 Å². The standard InChI is InChI=1S/C36H33ClFN5O3Si/c1-36(2,3)47-46-30-20-27(34(38)32(33(30)37)23-12-8-6-9-13-23)43(24-14-10-7-11-15-24)35-25-18-28(44-5)29(19-26(25)40-22-41-35)45-21-31-39-16-17-42(31)4/h6-20,22H,21H2,1-5H3. The largest absolute Gasteiger partial charge is 0.539 e. The summed E-state index contributed by atoms with van der Waals surface area (Å²) in [6.45, 7) is 6.46. The number of imidazole rings is 1. The second-order valence-electron chi connectivity index (χ2n) is 11.8. The molecule has 8 nitrogen and oxygen atoms in total. The Hall–Kier alpha value is -4.93. The zero-order valence-electron chi connectivity index (χ0n) is 26.7. The van der Waals surface area contributed by atoms with Gasteiger partial charge in [0.05, 0.1) is 23.3 Å². The topological polar surface area (TPSA) is 74.5 Å². The van der Waals surface area contributed by atoms with Gasteiger partial charge in [-0.05, 0) is 28.8 Å². The average Bonchev–Trinajstić information content (AvgIpc) is 3.48. The molecule has 0 fully saturated rings. The van der Waals surface area contributed by atoms with Crippen molar-refractivity contribution in [3.63, 3.8) is 0 Å². The number of nitrogens with zero attached hydrogens (tertiary/aromatic N) is 5. The van der Waals surface area contributed by atoms with Gasteiger partial charge in [-0.2, -0.15) is 0 Å². The number of benzene rings is 4. The highest BCUT2D eigenvalue weighted by atomic mass is 35.5. The number of fused-ring (bicyclic) bond motifs is 1. The van der Waals surface area contributed by atoms with E-state index in [9.17, 15) is 0 Å². The first-order valence-corrected chi connectivity index (χ1v) is 16.2. The van der Waals surface area contributed by atoms with E-state index in [2.05, 4.69) is 30.7 Å². The molecule has 0 atom stereocenters. The molecule has 0 aliphatic carbocycles. The zero-order valence-corrected chi connectivity index (χ0v) is 28.4. The Morgan fingerprint density at radius 2 is 1.64 bits per heavy atom. The van der Waals surface area contributed by atoms with Crippen molar-refractivity contribution in [3.8, 4) is 28.4 Å². The van der Waals surface area contributed by atoms with E-state index in [0.29, 0.717) is 45.2 Å². The van der Waals surface area contributed by atoms with Gasteiger partial charge in [-0.3, -0.25) is 4.90 Å². The molecule has 0 bridgehead atoms. The van der Waals surface area contributed by atoms with Crippen LogP contribution in [0.1, 0.15) is 26.6 Å². The molecule has 2 radical (unpaired) electrons. The summed E-state index contributed by atoms with van der Waals surface area (Å²) in [5, 5.41) is 0.678. The first kappa shape index (κ1) is 32.0. The van der Waals surface area contributed by atoms with Crippen molar-refractivity contribution in [2.45, 2.75) is 32.4 Å². The van der Waals surface area contributed by atoms with E-state index in [4.69, 9.17) is 30.5 Å². The highest BCUT2D eigenvalue weighted by Gasteiger charge is 2.28. The van der Waals surface area contributed by atoms with E-state index in [-0.39, 0.29) is 37.7 Å². The van der Waals surface area contributed by atoms with Crippen LogP contribution in [0.25, 0.3) is 22.0 Å². The molecule has 0 spiro atoms. The third kappa shape index (κ3) is 6.79. The third-order valence-electron chi connectivity index (χ3n) is 7.32. The predicted molar refractivity (Wildman–Crippen MR) is 185 cm³/mol. The average molecular weight is 666 g/mol. The number of ether oxygens (including phenoxy) is 2. The summed E-state index contributed by atoms with van der Waals surface area (Å²) in [6, 6.07) is 23.9. The molecule has 11 heteroatoms. The van der Waals surface area contributed by atoms with Gasteiger partial charge in [-0.25, -0.2) is 19.3 Å². The lowest BCUT2D eigenvalue weighted by Crippen LogP contribution is -2.18. The van der Waals surface area contributed by atoms with Gasteiger partial charge in [-0.1, -0.05) is 80.9 Å². The van der Waals surface area contributed by atoms with Crippen LogP contribution < -0.4 is 18.8 Å². The molecule has 0 saturated heterocycles. The number of para-hydroxylation sites is 1. The van der Waals surface area contributed by atoms with E-state index in [1.165, 1.54) is 6.33 Å². The molecule has 0 amide bonds. The lowest BCUT2D eigenvalue weighted by atomic mass is 10.0. The summed E-state index contributed by atoms with van der Waals surface area (Å²) < 4.78 is 37.2. The summed E-state index contributed by atoms with van der Waals surface area (Å²) in [7, 11) is 3.54. The molecule has 0 unspecified atom stereocenters. The van der Waals surface area contributed by atoms with Gasteiger partial charge in [0, 0.05) is 48.2 Å². The number of anilines is 3. The first-order valence-electron chi connectivity index (χ1n) is 14.9. The monoisotopic (exact) mass is 665 g/mol. The van der Waals surface area contributed by atoms with Gasteiger partial charge < -0.3 is 18.5 Å². The molecule has 0 saturated carbocycles. The lowest BCUT2D eigenvalue weighted by Gasteiger charge is -2.28. The number of hydrogen-bond donors (Lipinski definition) is 0. The SMILES string of the molecule is COc1cc2c(N(c3ccccc3)c3cc(O[Si]C(C)(C)C)c(Cl)c(-c4ccccc4)c3F)ncnc2cc1OCc1nccn1C. The van der Waals surface area contributed by atoms with E-state index in [0.717, 1.165) is 5.82 Å². The molecule has 6 aromatic rings. The fourth-order valence-corrected chi connectivity index (χ4v) is 5.96. The fraction of sp³-hybridized carbons (Fsp3) is 0.194. The minimum atomic E-state index is -0.523. The van der Waals surface area contributed by atoms with Crippen LogP contribution in [0.5, 0.6) is 17.2 Å². The Bertz CT molecular complexity index is 2020. The Kier molecular flexibility index (Phi) is 9.15. The summed E-state index contributed by atoms with van der Waals surface area (Å²) in [6.07, 6.45) is 5.02. The third-order valence-corrected chi connectivity index (χ3v) is 8.63. The fourth-order valence-electron chi connectivity index (χ4n) is 5.03. The van der Waals surface area contributed by atoms with Crippen molar-refractivity contribution in [1.82, 2.24) is 19.5 Å². The Labute approximate surface area is 280 Å². The smallest absolute Gasteiger partial charge is 0.316 e. The highest BCUT2D eigenvalue weighted by molar-refractivity contribution is 6.37. The Morgan fingerprint density at radius 3 is 2.30 bits per heavy atom. The van der Waals surface area contributed by atoms with Gasteiger partial charge in [-0.15, -0.1) is 0 Å². The number of aryl methyl sites for hydroxylation is 1. The molecule has 47 heavy (non-hydrogen) atoms. The molecule has 4 aromatic carbocycles. The number of aromatic nitrogens is 4. The summed E-state index contributed by atoms with van der Waals surface area (Å²) in [4.78, 5) is 15.4. The molecule has 0 aliphatic rings. The number of hydrogen-bond acceptors (Lipinski definition) is 7. The van der Waals surface area contributed by atoms with Crippen LogP contribution in [0.2, 0.25) is 10.1 Å². The van der Waals surface area contributed by atoms with E-state index in [1.807, 2.05) is 78.5 Å². The number of halogens is 2. The van der Waals surface area contributed by atoms with Gasteiger partial charge in [0.15, 0.2) is 17.3 Å². The molecule has 0 aliphatic heterocycles. The van der Waals surface area contributed by atoms with Crippen LogP contribution in [0.3, 0.4) is 0 Å². The molecule has 0 N–H and O–H groups in total. The van der Waals surface area contributed by atoms with Gasteiger partial charge in [0.25, 0.3) is 0 Å². The first-order chi connectivity index (χ1) is 22.6. The van der Waals surface area contributed by atoms with Crippen LogP contribution in [-0.2, 0) is 13.7 Å². The molecule has 238 valence electrons. The minimum absolute atomic E-state index is 0.0733. The second kappa shape index (κ2) is 13.4. The maximum atomic E-state index is 17.1. The molecule has 2 heterocycles. The zero-order chi connectivity index (χ0) is 33.1. The quantitative estimate of drug-likeness (QED) is 0.135. The van der Waals surface area contributed by atoms with Crippen LogP contribution in [0.4, 0.5) is 21.6 Å². The van der Waals surface area contributed by atoms with E-state index < -0.39 is 5.82 Å². The van der Waals surface area contributed by atoms with Crippen molar-refractivity contribution in [1.29, 1.82) is 0 Å². The number of methoxy groups -OCH3 is 1. The predicted octanol–water partition coefficient (Wildman–Crippen LogP) is 9.10. The van der Waals surface area contributed by atoms with Crippen molar-refractivity contribution >= 4 is 49.5 Å². The molecular formula is C36H33ClFN5O3Si. The Morgan fingerprint density at radius 1 is 0.915 bits per heavy atom. The van der Waals surface area contributed by atoms with Gasteiger partial charge in [0.1, 0.15) is 30.3 Å². The van der Waals surface area contributed by atoms with Crippen molar-refractivity contribution in [2.75, 3.05) is 12.0 Å². The summed E-state index contributed by atoms with van der Waals surface area (Å²) in [5.74, 6) is 1.99. The Balaban J connectivity index is 1.56. The van der Waals surface area contributed by atoms with Crippen molar-refractivity contribution < 1.29 is 18.3 Å². The molecule has 2 aromatic heterocycles. The van der Waals surface area contributed by atoms with Crippen molar-refractivity contribution in [3.05, 3.63) is 114 Å². The molecular weight excluding hydrogens is 633 g/mol. The van der Waals surface area contributed by atoms with Crippen molar-refractivity contribution in [2.24, 2.45) is 7.05 Å². The molecule has 6 rings (SSSR count). The second-order valence-corrected chi connectivity index (χ2v) is 14.1. The van der Waals surface area contributed by atoms with Gasteiger partial charge >= 0.3 is 9.76 Å². The van der Waals surface area contributed by atoms with Crippen LogP contribution in [0.15, 0.2) is 97.6 Å². The lowest BCUT2D eigenvalue weighted by molar-refractivity contribution is 0.273. The maximum absolute atomic E-state index is 17.1. The van der Waals surface area contributed by atoms with Crippen LogP contribution >= 0.6 is 11.6 Å². The minimum Gasteiger partial charge on any atom is -0.539 e. The van der Waals surface area contributed by atoms with Crippen LogP contribution in [-0.4, -0.2) is 36.4 Å². The van der Waals surface area contributed by atoms with E-state index >= 15 is 4.39 Å². The van der Waals surface area contributed by atoms with Crippen LogP contribution in [0, 0.1) is 5.82 Å². The van der Waals surface area contributed by atoms with Gasteiger partial charge in [0.2, 0.25) is 0 Å². The summed E-state index contributed by atoms with van der Waals surface area (Å²) >= 11 is 6.93. The number of rotatable bonds is 10. The summed E-state index contributed by atoms with van der Waals surface area (Å²) in [5.41, 5.74) is 2.32. The maximum Gasteiger partial charge on any atom is 0.316 e. The highest BCUT2D eigenvalue weighted by Crippen LogP contribution is 2.48.